The van der Waals surface area contributed by atoms with Crippen LogP contribution in [0.5, 0.6) is 0 Å². The fourth-order valence-corrected chi connectivity index (χ4v) is 2.51. The van der Waals surface area contributed by atoms with Crippen molar-refractivity contribution >= 4 is 17.5 Å². The number of nitriles is 2. The fourth-order valence-electron chi connectivity index (χ4n) is 2.51. The first kappa shape index (κ1) is 12.3. The van der Waals surface area contributed by atoms with Gasteiger partial charge >= 0.3 is 0 Å². The molecule has 2 bridgehead atoms. The molecule has 1 aromatic rings. The minimum Gasteiger partial charge on any atom is -0.355 e. The van der Waals surface area contributed by atoms with Gasteiger partial charge in [-0.05, 0) is 31.0 Å². The van der Waals surface area contributed by atoms with Gasteiger partial charge in [0.1, 0.15) is 24.3 Å². The Labute approximate surface area is 114 Å². The van der Waals surface area contributed by atoms with Gasteiger partial charge in [-0.3, -0.25) is 9.59 Å². The van der Waals surface area contributed by atoms with Crippen LogP contribution in [0.2, 0.25) is 0 Å². The lowest BCUT2D eigenvalue weighted by Gasteiger charge is -2.29. The molecule has 0 aromatic heterocycles. The molecule has 2 unspecified atom stereocenters. The zero-order valence-electron chi connectivity index (χ0n) is 10.4. The van der Waals surface area contributed by atoms with Crippen LogP contribution in [0.15, 0.2) is 18.2 Å². The van der Waals surface area contributed by atoms with Crippen LogP contribution in [-0.4, -0.2) is 24.0 Å². The van der Waals surface area contributed by atoms with Crippen LogP contribution in [-0.2, 0) is 14.3 Å². The van der Waals surface area contributed by atoms with Gasteiger partial charge in [-0.2, -0.15) is 10.5 Å². The lowest BCUT2D eigenvalue weighted by Crippen LogP contribution is -2.52. The summed E-state index contributed by atoms with van der Waals surface area (Å²) in [5.74, 6) is -0.810. The van der Waals surface area contributed by atoms with E-state index < -0.39 is 24.0 Å². The second-order valence-corrected chi connectivity index (χ2v) is 4.66. The predicted octanol–water partition coefficient (Wildman–Crippen LogP) is 0.851. The van der Waals surface area contributed by atoms with E-state index in [-0.39, 0.29) is 11.1 Å². The normalized spacial score (nSPS) is 24.4. The SMILES string of the molecule is N#Cc1ccc(N2C(=O)C3CCC(O3)C2=O)cc1C#N. The van der Waals surface area contributed by atoms with E-state index in [9.17, 15) is 9.59 Å². The molecule has 20 heavy (non-hydrogen) atoms. The molecule has 0 N–H and O–H groups in total. The first-order valence-electron chi connectivity index (χ1n) is 6.13. The highest BCUT2D eigenvalue weighted by Gasteiger charge is 2.47. The highest BCUT2D eigenvalue weighted by molar-refractivity contribution is 6.19. The summed E-state index contributed by atoms with van der Waals surface area (Å²) in [6.45, 7) is 0. The Morgan fingerprint density at radius 3 is 2.20 bits per heavy atom. The fraction of sp³-hybridized carbons (Fsp3) is 0.286. The van der Waals surface area contributed by atoms with Gasteiger partial charge in [-0.15, -0.1) is 0 Å². The number of fused-ring (bicyclic) bond motifs is 2. The summed E-state index contributed by atoms with van der Waals surface area (Å²) in [5.41, 5.74) is 0.674. The molecule has 0 aliphatic carbocycles. The Bertz CT molecular complexity index is 677. The number of hydrogen-bond donors (Lipinski definition) is 0. The maximum atomic E-state index is 12.2. The molecule has 3 rings (SSSR count). The molecule has 2 heterocycles. The summed E-state index contributed by atoms with van der Waals surface area (Å²) in [7, 11) is 0. The molecule has 6 nitrogen and oxygen atoms in total. The second kappa shape index (κ2) is 4.44. The van der Waals surface area contributed by atoms with Crippen LogP contribution in [0.3, 0.4) is 0 Å². The van der Waals surface area contributed by atoms with Crippen molar-refractivity contribution in [2.45, 2.75) is 25.0 Å². The number of nitrogens with zero attached hydrogens (tertiary/aromatic N) is 3. The van der Waals surface area contributed by atoms with Crippen molar-refractivity contribution in [3.63, 3.8) is 0 Å². The topological polar surface area (TPSA) is 94.2 Å². The van der Waals surface area contributed by atoms with E-state index in [4.69, 9.17) is 15.3 Å². The zero-order chi connectivity index (χ0) is 14.3. The van der Waals surface area contributed by atoms with Gasteiger partial charge in [0.05, 0.1) is 16.8 Å². The molecule has 0 spiro atoms. The van der Waals surface area contributed by atoms with Gasteiger partial charge in [-0.25, -0.2) is 4.90 Å². The highest BCUT2D eigenvalue weighted by Crippen LogP contribution is 2.32. The molecule has 2 saturated heterocycles. The maximum Gasteiger partial charge on any atom is 0.262 e. The van der Waals surface area contributed by atoms with E-state index in [0.29, 0.717) is 18.5 Å². The number of amides is 2. The van der Waals surface area contributed by atoms with E-state index in [2.05, 4.69) is 0 Å². The molecular weight excluding hydrogens is 258 g/mol. The van der Waals surface area contributed by atoms with Crippen molar-refractivity contribution in [3.05, 3.63) is 29.3 Å². The number of carbonyl (C=O) groups is 2. The number of anilines is 1. The molecule has 6 heteroatoms. The Balaban J connectivity index is 2.05. The van der Waals surface area contributed by atoms with E-state index in [1.807, 2.05) is 12.1 Å². The Morgan fingerprint density at radius 2 is 1.65 bits per heavy atom. The summed E-state index contributed by atoms with van der Waals surface area (Å²) in [4.78, 5) is 25.4. The number of carbonyl (C=O) groups excluding carboxylic acids is 2. The van der Waals surface area contributed by atoms with Crippen molar-refractivity contribution in [2.75, 3.05) is 4.90 Å². The van der Waals surface area contributed by atoms with Gasteiger partial charge < -0.3 is 4.74 Å². The van der Waals surface area contributed by atoms with Crippen molar-refractivity contribution in [1.29, 1.82) is 10.5 Å². The van der Waals surface area contributed by atoms with E-state index in [0.717, 1.165) is 4.90 Å². The van der Waals surface area contributed by atoms with Crippen molar-refractivity contribution < 1.29 is 14.3 Å². The van der Waals surface area contributed by atoms with Gasteiger partial charge in [0.15, 0.2) is 0 Å². The molecule has 0 saturated carbocycles. The van der Waals surface area contributed by atoms with Crippen LogP contribution < -0.4 is 4.90 Å². The zero-order valence-corrected chi connectivity index (χ0v) is 10.4. The van der Waals surface area contributed by atoms with Crippen LogP contribution in [0.1, 0.15) is 24.0 Å². The first-order valence-corrected chi connectivity index (χ1v) is 6.13. The number of benzene rings is 1. The Hall–Kier alpha value is -2.70. The number of ether oxygens (including phenoxy) is 1. The molecule has 2 fully saturated rings. The second-order valence-electron chi connectivity index (χ2n) is 4.66. The molecule has 2 aliphatic heterocycles. The summed E-state index contributed by atoms with van der Waals surface area (Å²) >= 11 is 0. The quantitative estimate of drug-likeness (QED) is 0.703. The van der Waals surface area contributed by atoms with Gasteiger partial charge in [0.25, 0.3) is 11.8 Å². The van der Waals surface area contributed by atoms with Crippen LogP contribution >= 0.6 is 0 Å². The van der Waals surface area contributed by atoms with Crippen molar-refractivity contribution in [3.8, 4) is 12.1 Å². The number of rotatable bonds is 1. The minimum atomic E-state index is -0.584. The predicted molar refractivity (Wildman–Crippen MR) is 66.3 cm³/mol. The molecular formula is C14H9N3O3. The third kappa shape index (κ3) is 1.67. The smallest absolute Gasteiger partial charge is 0.262 e. The summed E-state index contributed by atoms with van der Waals surface area (Å²) in [5, 5.41) is 17.9. The van der Waals surface area contributed by atoms with Gasteiger partial charge in [0.2, 0.25) is 0 Å². The van der Waals surface area contributed by atoms with Crippen molar-refractivity contribution in [2.24, 2.45) is 0 Å². The average molecular weight is 267 g/mol. The van der Waals surface area contributed by atoms with Gasteiger partial charge in [-0.1, -0.05) is 0 Å². The third-order valence-corrected chi connectivity index (χ3v) is 3.51. The maximum absolute atomic E-state index is 12.2. The Morgan fingerprint density at radius 1 is 1.05 bits per heavy atom. The summed E-state index contributed by atoms with van der Waals surface area (Å²) in [6.07, 6.45) is -0.0990. The van der Waals surface area contributed by atoms with E-state index in [1.165, 1.54) is 18.2 Å². The number of imide groups is 1. The number of morpholine rings is 1. The monoisotopic (exact) mass is 267 g/mol. The summed E-state index contributed by atoms with van der Waals surface area (Å²) in [6, 6.07) is 8.11. The Kier molecular flexibility index (Phi) is 2.74. The molecule has 2 amide bonds. The third-order valence-electron chi connectivity index (χ3n) is 3.51. The average Bonchev–Trinajstić information content (AvgIpc) is 2.92. The molecule has 2 aliphatic rings. The first-order chi connectivity index (χ1) is 9.65. The largest absolute Gasteiger partial charge is 0.355 e. The number of hydrogen-bond acceptors (Lipinski definition) is 5. The minimum absolute atomic E-state index is 0.143. The van der Waals surface area contributed by atoms with Crippen LogP contribution in [0, 0.1) is 22.7 Å². The van der Waals surface area contributed by atoms with E-state index >= 15 is 0 Å². The highest BCUT2D eigenvalue weighted by atomic mass is 16.5. The van der Waals surface area contributed by atoms with Crippen LogP contribution in [0.25, 0.3) is 0 Å². The lowest BCUT2D eigenvalue weighted by atomic mass is 10.1. The summed E-state index contributed by atoms with van der Waals surface area (Å²) < 4.78 is 5.32. The standard InChI is InChI=1S/C14H9N3O3/c15-6-8-1-2-10(5-9(8)7-16)17-13(18)11-3-4-12(20-11)14(17)19/h1-2,5,11-12H,3-4H2. The molecule has 98 valence electrons. The van der Waals surface area contributed by atoms with Gasteiger partial charge in [0, 0.05) is 0 Å². The molecule has 0 radical (unpaired) electrons. The van der Waals surface area contributed by atoms with E-state index in [1.54, 1.807) is 0 Å². The van der Waals surface area contributed by atoms with Crippen molar-refractivity contribution in [1.82, 2.24) is 0 Å². The lowest BCUT2D eigenvalue weighted by molar-refractivity contribution is -0.146. The van der Waals surface area contributed by atoms with Crippen LogP contribution in [0.4, 0.5) is 5.69 Å². The molecule has 1 aromatic carbocycles. The molecule has 2 atom stereocenters.